The zero-order valence-electron chi connectivity index (χ0n) is 16.7. The number of carbonyl (C=O) groups excluding carboxylic acids is 1. The highest BCUT2D eigenvalue weighted by Crippen LogP contribution is 2.34. The minimum Gasteiger partial charge on any atom is -0.420 e. The molecular formula is C22H22N4O2S2. The van der Waals surface area contributed by atoms with Crippen LogP contribution in [0, 0.1) is 17.2 Å². The van der Waals surface area contributed by atoms with Crippen LogP contribution in [0.4, 0.5) is 5.88 Å². The van der Waals surface area contributed by atoms with Crippen molar-refractivity contribution in [2.45, 2.75) is 26.2 Å². The predicted molar refractivity (Wildman–Crippen MR) is 122 cm³/mol. The summed E-state index contributed by atoms with van der Waals surface area (Å²) >= 11 is 6.47. The summed E-state index contributed by atoms with van der Waals surface area (Å²) in [7, 11) is 0. The van der Waals surface area contributed by atoms with E-state index in [-0.39, 0.29) is 17.5 Å². The third-order valence-corrected chi connectivity index (χ3v) is 6.82. The molecule has 8 heteroatoms. The molecule has 0 bridgehead atoms. The van der Waals surface area contributed by atoms with Gasteiger partial charge in [-0.3, -0.25) is 9.69 Å². The number of nitriles is 1. The van der Waals surface area contributed by atoms with Gasteiger partial charge in [-0.05, 0) is 37.7 Å². The molecule has 0 N–H and O–H groups in total. The van der Waals surface area contributed by atoms with Crippen molar-refractivity contribution in [3.63, 3.8) is 0 Å². The molecule has 2 aliphatic rings. The fraction of sp³-hybridized carbons (Fsp3) is 0.364. The Hall–Kier alpha value is -2.63. The molecule has 0 aliphatic carbocycles. The lowest BCUT2D eigenvalue weighted by molar-refractivity contribution is -0.122. The number of rotatable bonds is 5. The maximum Gasteiger partial charge on any atom is 0.266 e. The summed E-state index contributed by atoms with van der Waals surface area (Å²) in [6, 6.07) is 12.7. The van der Waals surface area contributed by atoms with Gasteiger partial charge in [0.1, 0.15) is 10.4 Å². The van der Waals surface area contributed by atoms with Crippen LogP contribution in [0.2, 0.25) is 0 Å². The minimum absolute atomic E-state index is 0.146. The third kappa shape index (κ3) is 4.27. The zero-order chi connectivity index (χ0) is 21.1. The molecule has 1 aromatic heterocycles. The molecule has 2 saturated heterocycles. The minimum atomic E-state index is -0.146. The topological polar surface area (TPSA) is 73.4 Å². The standard InChI is InChI=1S/C22H22N4O2S2/c1-2-26-20(27)18(30-22(26)29)13-19-24-17(14-23)21(28-19)25-10-8-16(9-11-25)12-15-6-4-3-5-7-15/h3-7,13,16H,2,8-12H2,1H3. The molecule has 3 heterocycles. The number of hydrogen-bond acceptors (Lipinski definition) is 7. The summed E-state index contributed by atoms with van der Waals surface area (Å²) in [5.74, 6) is 1.23. The van der Waals surface area contributed by atoms with Crippen LogP contribution >= 0.6 is 24.0 Å². The van der Waals surface area contributed by atoms with Crippen molar-refractivity contribution in [1.82, 2.24) is 9.88 Å². The van der Waals surface area contributed by atoms with Gasteiger partial charge in [-0.25, -0.2) is 0 Å². The van der Waals surface area contributed by atoms with Crippen molar-refractivity contribution in [2.75, 3.05) is 24.5 Å². The molecule has 2 aromatic rings. The van der Waals surface area contributed by atoms with Gasteiger partial charge in [-0.1, -0.05) is 54.3 Å². The molecule has 4 rings (SSSR count). The Labute approximate surface area is 185 Å². The monoisotopic (exact) mass is 438 g/mol. The molecule has 0 spiro atoms. The van der Waals surface area contributed by atoms with Crippen molar-refractivity contribution < 1.29 is 9.21 Å². The lowest BCUT2D eigenvalue weighted by Crippen LogP contribution is -2.34. The molecule has 1 aromatic carbocycles. The first-order valence-electron chi connectivity index (χ1n) is 10.0. The number of amides is 1. The van der Waals surface area contributed by atoms with Gasteiger partial charge in [0.05, 0.1) is 4.91 Å². The highest BCUT2D eigenvalue weighted by molar-refractivity contribution is 8.26. The summed E-state index contributed by atoms with van der Waals surface area (Å²) in [4.78, 5) is 20.8. The van der Waals surface area contributed by atoms with Crippen LogP contribution in [-0.2, 0) is 11.2 Å². The van der Waals surface area contributed by atoms with E-state index in [2.05, 4.69) is 40.2 Å². The van der Waals surface area contributed by atoms with Gasteiger partial charge < -0.3 is 9.32 Å². The molecule has 0 saturated carbocycles. The molecule has 0 unspecified atom stereocenters. The van der Waals surface area contributed by atoms with E-state index in [4.69, 9.17) is 16.6 Å². The van der Waals surface area contributed by atoms with E-state index in [0.29, 0.717) is 27.6 Å². The van der Waals surface area contributed by atoms with Gasteiger partial charge in [0.25, 0.3) is 5.91 Å². The Kier molecular flexibility index (Phi) is 6.21. The number of likely N-dealkylation sites (N-methyl/N-ethyl adjacent to an activating group) is 1. The van der Waals surface area contributed by atoms with Gasteiger partial charge in [0.15, 0.2) is 0 Å². The van der Waals surface area contributed by atoms with Crippen LogP contribution in [0.1, 0.15) is 36.9 Å². The maximum atomic E-state index is 12.4. The van der Waals surface area contributed by atoms with E-state index < -0.39 is 0 Å². The maximum absolute atomic E-state index is 12.4. The lowest BCUT2D eigenvalue weighted by Gasteiger charge is -2.31. The summed E-state index contributed by atoms with van der Waals surface area (Å²) in [6.07, 6.45) is 4.72. The third-order valence-electron chi connectivity index (χ3n) is 5.45. The van der Waals surface area contributed by atoms with Gasteiger partial charge in [0.2, 0.25) is 17.5 Å². The molecule has 2 aliphatic heterocycles. The lowest BCUT2D eigenvalue weighted by atomic mass is 9.90. The Bertz CT molecular complexity index is 1020. The second-order valence-electron chi connectivity index (χ2n) is 7.36. The number of aromatic nitrogens is 1. The van der Waals surface area contributed by atoms with Crippen LogP contribution < -0.4 is 4.90 Å². The number of anilines is 1. The fourth-order valence-electron chi connectivity index (χ4n) is 3.85. The van der Waals surface area contributed by atoms with Crippen LogP contribution in [-0.4, -0.2) is 39.7 Å². The molecule has 2 fully saturated rings. The molecule has 154 valence electrons. The number of thioether (sulfide) groups is 1. The van der Waals surface area contributed by atoms with Gasteiger partial charge in [0, 0.05) is 25.7 Å². The van der Waals surface area contributed by atoms with E-state index in [0.717, 1.165) is 32.4 Å². The first-order valence-corrected chi connectivity index (χ1v) is 11.3. The largest absolute Gasteiger partial charge is 0.420 e. The van der Waals surface area contributed by atoms with Crippen molar-refractivity contribution in [2.24, 2.45) is 5.92 Å². The summed E-state index contributed by atoms with van der Waals surface area (Å²) in [5.41, 5.74) is 1.62. The Morgan fingerprint density at radius 2 is 2.07 bits per heavy atom. The van der Waals surface area contributed by atoms with E-state index in [1.54, 1.807) is 11.0 Å². The molecule has 0 atom stereocenters. The zero-order valence-corrected chi connectivity index (χ0v) is 18.3. The molecule has 1 amide bonds. The van der Waals surface area contributed by atoms with Crippen molar-refractivity contribution in [3.8, 4) is 6.07 Å². The van der Waals surface area contributed by atoms with E-state index in [1.165, 1.54) is 17.3 Å². The number of piperidine rings is 1. The number of oxazole rings is 1. The van der Waals surface area contributed by atoms with Crippen LogP contribution in [0.5, 0.6) is 0 Å². The molecule has 30 heavy (non-hydrogen) atoms. The number of benzene rings is 1. The van der Waals surface area contributed by atoms with E-state index in [1.807, 2.05) is 13.0 Å². The van der Waals surface area contributed by atoms with Crippen molar-refractivity contribution in [1.29, 1.82) is 5.26 Å². The van der Waals surface area contributed by atoms with Crippen LogP contribution in [0.15, 0.2) is 39.7 Å². The Morgan fingerprint density at radius 3 is 2.70 bits per heavy atom. The van der Waals surface area contributed by atoms with Gasteiger partial charge in [-0.15, -0.1) is 0 Å². The summed E-state index contributed by atoms with van der Waals surface area (Å²) < 4.78 is 6.43. The molecule has 0 radical (unpaired) electrons. The first kappa shape index (κ1) is 20.6. The predicted octanol–water partition coefficient (Wildman–Crippen LogP) is 4.23. The van der Waals surface area contributed by atoms with Crippen molar-refractivity contribution >= 4 is 46.2 Å². The molecular weight excluding hydrogens is 416 g/mol. The second kappa shape index (κ2) is 9.02. The number of hydrogen-bond donors (Lipinski definition) is 0. The Morgan fingerprint density at radius 1 is 1.33 bits per heavy atom. The van der Waals surface area contributed by atoms with Crippen molar-refractivity contribution in [3.05, 3.63) is 52.4 Å². The summed E-state index contributed by atoms with van der Waals surface area (Å²) in [6.45, 7) is 4.05. The highest BCUT2D eigenvalue weighted by atomic mass is 32.2. The quantitative estimate of drug-likeness (QED) is 0.511. The van der Waals surface area contributed by atoms with E-state index >= 15 is 0 Å². The van der Waals surface area contributed by atoms with E-state index in [9.17, 15) is 10.1 Å². The average molecular weight is 439 g/mol. The second-order valence-corrected chi connectivity index (χ2v) is 9.04. The van der Waals surface area contributed by atoms with Crippen LogP contribution in [0.3, 0.4) is 0 Å². The smallest absolute Gasteiger partial charge is 0.266 e. The van der Waals surface area contributed by atoms with Crippen LogP contribution in [0.25, 0.3) is 6.08 Å². The van der Waals surface area contributed by atoms with Gasteiger partial charge in [-0.2, -0.15) is 10.2 Å². The molecule has 6 nitrogen and oxygen atoms in total. The average Bonchev–Trinajstić information content (AvgIpc) is 3.29. The van der Waals surface area contributed by atoms with Gasteiger partial charge >= 0.3 is 0 Å². The number of carbonyl (C=O) groups is 1. The normalized spacial score (nSPS) is 19.0. The summed E-state index contributed by atoms with van der Waals surface area (Å²) in [5, 5.41) is 9.52. The number of thiocarbonyl (C=S) groups is 1. The fourth-order valence-corrected chi connectivity index (χ4v) is 5.20. The SMILES string of the molecule is CCN1C(=O)C(=Cc2nc(C#N)c(N3CCC(Cc4ccccc4)CC3)o2)SC1=S. The Balaban J connectivity index is 1.45. The first-order chi connectivity index (χ1) is 14.6. The highest BCUT2D eigenvalue weighted by Gasteiger charge is 2.32. The number of nitrogens with zero attached hydrogens (tertiary/aromatic N) is 4.